The summed E-state index contributed by atoms with van der Waals surface area (Å²) in [5.74, 6) is 0.571. The van der Waals surface area contributed by atoms with Crippen LogP contribution in [0.1, 0.15) is 19.3 Å². The normalized spacial score (nSPS) is 19.6. The van der Waals surface area contributed by atoms with E-state index in [1.165, 1.54) is 12.8 Å². The Hall–Kier alpha value is -1.55. The van der Waals surface area contributed by atoms with E-state index in [9.17, 15) is 4.79 Å². The third-order valence-corrected chi connectivity index (χ3v) is 2.86. The van der Waals surface area contributed by atoms with Crippen molar-refractivity contribution in [2.24, 2.45) is 0 Å². The standard InChI is InChI=1S/C13H18N2O2/c16-13(17-12-7-2-1-3-8-12)15-10-11-6-4-5-9-14-11/h1-3,7-8,11,14H,4-6,9-10H2,(H,15,16). The van der Waals surface area contributed by atoms with Crippen molar-refractivity contribution in [1.82, 2.24) is 10.6 Å². The quantitative estimate of drug-likeness (QED) is 0.840. The number of para-hydroxylation sites is 1. The number of hydrogen-bond donors (Lipinski definition) is 2. The second kappa shape index (κ2) is 6.25. The van der Waals surface area contributed by atoms with E-state index >= 15 is 0 Å². The Balaban J connectivity index is 1.70. The molecule has 1 saturated heterocycles. The first-order chi connectivity index (χ1) is 8.34. The molecule has 1 unspecified atom stereocenters. The molecule has 0 aliphatic carbocycles. The van der Waals surface area contributed by atoms with Gasteiger partial charge in [0, 0.05) is 12.6 Å². The molecular weight excluding hydrogens is 216 g/mol. The fraction of sp³-hybridized carbons (Fsp3) is 0.462. The lowest BCUT2D eigenvalue weighted by Crippen LogP contribution is -2.44. The molecule has 92 valence electrons. The highest BCUT2D eigenvalue weighted by molar-refractivity contribution is 5.70. The highest BCUT2D eigenvalue weighted by Crippen LogP contribution is 2.09. The Morgan fingerprint density at radius 2 is 2.18 bits per heavy atom. The van der Waals surface area contributed by atoms with Crippen molar-refractivity contribution >= 4 is 6.09 Å². The average molecular weight is 234 g/mol. The van der Waals surface area contributed by atoms with Gasteiger partial charge in [-0.1, -0.05) is 24.6 Å². The molecule has 1 aliphatic rings. The van der Waals surface area contributed by atoms with E-state index in [4.69, 9.17) is 4.74 Å². The van der Waals surface area contributed by atoms with Gasteiger partial charge in [0.2, 0.25) is 0 Å². The number of piperidine rings is 1. The molecule has 1 aromatic rings. The Bertz CT molecular complexity index is 348. The summed E-state index contributed by atoms with van der Waals surface area (Å²) in [6.45, 7) is 1.67. The lowest BCUT2D eigenvalue weighted by Gasteiger charge is -2.23. The van der Waals surface area contributed by atoms with E-state index in [1.807, 2.05) is 18.2 Å². The zero-order valence-electron chi connectivity index (χ0n) is 9.82. The first kappa shape index (κ1) is 11.9. The van der Waals surface area contributed by atoms with E-state index in [2.05, 4.69) is 10.6 Å². The number of benzene rings is 1. The summed E-state index contributed by atoms with van der Waals surface area (Å²) in [4.78, 5) is 11.5. The Morgan fingerprint density at radius 1 is 1.35 bits per heavy atom. The molecule has 1 fully saturated rings. The molecule has 4 nitrogen and oxygen atoms in total. The lowest BCUT2D eigenvalue weighted by molar-refractivity contribution is 0.198. The van der Waals surface area contributed by atoms with Crippen molar-refractivity contribution in [1.29, 1.82) is 0 Å². The van der Waals surface area contributed by atoms with Gasteiger partial charge in [0.15, 0.2) is 0 Å². The predicted octanol–water partition coefficient (Wildman–Crippen LogP) is 1.92. The minimum absolute atomic E-state index is 0.382. The van der Waals surface area contributed by atoms with Crippen molar-refractivity contribution in [3.05, 3.63) is 30.3 Å². The molecule has 1 amide bonds. The number of hydrogen-bond acceptors (Lipinski definition) is 3. The monoisotopic (exact) mass is 234 g/mol. The summed E-state index contributed by atoms with van der Waals surface area (Å²) < 4.78 is 5.13. The van der Waals surface area contributed by atoms with Crippen LogP contribution < -0.4 is 15.4 Å². The summed E-state index contributed by atoms with van der Waals surface area (Å²) >= 11 is 0. The number of rotatable bonds is 3. The topological polar surface area (TPSA) is 50.4 Å². The highest BCUT2D eigenvalue weighted by Gasteiger charge is 2.13. The fourth-order valence-electron chi connectivity index (χ4n) is 1.94. The van der Waals surface area contributed by atoms with Gasteiger partial charge in [-0.25, -0.2) is 4.79 Å². The summed E-state index contributed by atoms with van der Waals surface area (Å²) in [6, 6.07) is 9.47. The van der Waals surface area contributed by atoms with Crippen molar-refractivity contribution in [2.45, 2.75) is 25.3 Å². The van der Waals surface area contributed by atoms with Gasteiger partial charge >= 0.3 is 6.09 Å². The summed E-state index contributed by atoms with van der Waals surface area (Å²) in [6.07, 6.45) is 3.19. The SMILES string of the molecule is O=C(NCC1CCCCN1)Oc1ccccc1. The summed E-state index contributed by atoms with van der Waals surface area (Å²) in [5.41, 5.74) is 0. The number of nitrogens with one attached hydrogen (secondary N) is 2. The van der Waals surface area contributed by atoms with Crippen LogP contribution in [0.5, 0.6) is 5.75 Å². The molecule has 1 heterocycles. The first-order valence-corrected chi connectivity index (χ1v) is 6.09. The van der Waals surface area contributed by atoms with Gasteiger partial charge in [-0.05, 0) is 31.5 Å². The van der Waals surface area contributed by atoms with Crippen LogP contribution in [0.2, 0.25) is 0 Å². The van der Waals surface area contributed by atoms with Crippen LogP contribution in [0.15, 0.2) is 30.3 Å². The van der Waals surface area contributed by atoms with Gasteiger partial charge in [-0.2, -0.15) is 0 Å². The van der Waals surface area contributed by atoms with Crippen LogP contribution in [-0.4, -0.2) is 25.2 Å². The Kier molecular flexibility index (Phi) is 4.38. The summed E-state index contributed by atoms with van der Waals surface area (Å²) in [7, 11) is 0. The van der Waals surface area contributed by atoms with Crippen LogP contribution in [0.3, 0.4) is 0 Å². The van der Waals surface area contributed by atoms with Crippen molar-refractivity contribution in [3.63, 3.8) is 0 Å². The van der Waals surface area contributed by atoms with Crippen LogP contribution in [0, 0.1) is 0 Å². The lowest BCUT2D eigenvalue weighted by atomic mass is 10.1. The van der Waals surface area contributed by atoms with Crippen LogP contribution in [-0.2, 0) is 0 Å². The molecule has 2 N–H and O–H groups in total. The second-order valence-corrected chi connectivity index (χ2v) is 4.23. The maximum absolute atomic E-state index is 11.5. The zero-order valence-corrected chi connectivity index (χ0v) is 9.82. The van der Waals surface area contributed by atoms with E-state index in [0.29, 0.717) is 18.3 Å². The molecule has 0 spiro atoms. The highest BCUT2D eigenvalue weighted by atomic mass is 16.6. The molecule has 2 rings (SSSR count). The average Bonchev–Trinajstić information content (AvgIpc) is 2.39. The van der Waals surface area contributed by atoms with E-state index in [1.54, 1.807) is 12.1 Å². The van der Waals surface area contributed by atoms with Gasteiger partial charge in [0.05, 0.1) is 0 Å². The number of carbonyl (C=O) groups excluding carboxylic acids is 1. The smallest absolute Gasteiger partial charge is 0.410 e. The van der Waals surface area contributed by atoms with Crippen LogP contribution in [0.25, 0.3) is 0 Å². The van der Waals surface area contributed by atoms with Gasteiger partial charge < -0.3 is 15.4 Å². The minimum Gasteiger partial charge on any atom is -0.410 e. The Labute approximate surface area is 101 Å². The van der Waals surface area contributed by atoms with E-state index < -0.39 is 0 Å². The molecule has 4 heteroatoms. The van der Waals surface area contributed by atoms with E-state index in [-0.39, 0.29) is 6.09 Å². The molecule has 0 aromatic heterocycles. The molecule has 17 heavy (non-hydrogen) atoms. The minimum atomic E-state index is -0.386. The van der Waals surface area contributed by atoms with Gasteiger partial charge in [0.25, 0.3) is 0 Å². The number of ether oxygens (including phenoxy) is 1. The van der Waals surface area contributed by atoms with Crippen molar-refractivity contribution in [3.8, 4) is 5.75 Å². The molecule has 0 saturated carbocycles. The molecule has 0 radical (unpaired) electrons. The van der Waals surface area contributed by atoms with Crippen LogP contribution in [0.4, 0.5) is 4.79 Å². The Morgan fingerprint density at radius 3 is 2.88 bits per heavy atom. The zero-order chi connectivity index (χ0) is 11.9. The third kappa shape index (κ3) is 4.07. The number of carbonyl (C=O) groups is 1. The molecular formula is C13H18N2O2. The molecule has 1 aliphatic heterocycles. The van der Waals surface area contributed by atoms with Gasteiger partial charge in [0.1, 0.15) is 5.75 Å². The van der Waals surface area contributed by atoms with Crippen molar-refractivity contribution in [2.75, 3.05) is 13.1 Å². The fourth-order valence-corrected chi connectivity index (χ4v) is 1.94. The second-order valence-electron chi connectivity index (χ2n) is 4.23. The maximum Gasteiger partial charge on any atom is 0.412 e. The molecule has 1 aromatic carbocycles. The van der Waals surface area contributed by atoms with Crippen LogP contribution >= 0.6 is 0 Å². The van der Waals surface area contributed by atoms with E-state index in [0.717, 1.165) is 13.0 Å². The summed E-state index contributed by atoms with van der Waals surface area (Å²) in [5, 5.41) is 6.15. The van der Waals surface area contributed by atoms with Crippen molar-refractivity contribution < 1.29 is 9.53 Å². The largest absolute Gasteiger partial charge is 0.412 e. The molecule has 1 atom stereocenters. The third-order valence-electron chi connectivity index (χ3n) is 2.86. The molecule has 0 bridgehead atoms. The maximum atomic E-state index is 11.5. The van der Waals surface area contributed by atoms with Gasteiger partial charge in [-0.15, -0.1) is 0 Å². The predicted molar refractivity (Wildman–Crippen MR) is 66.1 cm³/mol. The van der Waals surface area contributed by atoms with Gasteiger partial charge in [-0.3, -0.25) is 0 Å². The first-order valence-electron chi connectivity index (χ1n) is 6.09. The number of amides is 1.